The average molecular weight is 491 g/mol. The summed E-state index contributed by atoms with van der Waals surface area (Å²) in [5.41, 5.74) is 1.22. The number of sulfone groups is 1. The Morgan fingerprint density at radius 2 is 1.88 bits per heavy atom. The second-order valence-electron chi connectivity index (χ2n) is 8.11. The Morgan fingerprint density at radius 3 is 2.53 bits per heavy atom. The number of rotatable bonds is 7. The summed E-state index contributed by atoms with van der Waals surface area (Å²) in [5, 5.41) is 12.8. The van der Waals surface area contributed by atoms with E-state index < -0.39 is 15.4 Å². The van der Waals surface area contributed by atoms with Crippen LogP contribution < -0.4 is 5.32 Å². The minimum atomic E-state index is -3.10. The van der Waals surface area contributed by atoms with Gasteiger partial charge in [0.15, 0.2) is 15.0 Å². The molecular weight excluding hydrogens is 468 g/mol. The highest BCUT2D eigenvalue weighted by Crippen LogP contribution is 2.26. The summed E-state index contributed by atoms with van der Waals surface area (Å²) in [6, 6.07) is 17.3. The topological polar surface area (TPSA) is 93.9 Å². The Kier molecular flexibility index (Phi) is 6.60. The predicted octanol–water partition coefficient (Wildman–Crippen LogP) is 3.30. The zero-order chi connectivity index (χ0) is 22.8. The Bertz CT molecular complexity index is 1210. The van der Waals surface area contributed by atoms with Crippen molar-refractivity contribution in [2.75, 3.05) is 17.3 Å². The molecule has 1 fully saturated rings. The molecular formula is C22H23ClN4O3S2. The molecule has 1 saturated heterocycles. The van der Waals surface area contributed by atoms with Gasteiger partial charge < -0.3 is 5.32 Å². The summed E-state index contributed by atoms with van der Waals surface area (Å²) in [7, 11) is -3.10. The maximum absolute atomic E-state index is 12.6. The van der Waals surface area contributed by atoms with Gasteiger partial charge in [0.05, 0.1) is 22.8 Å². The molecule has 0 unspecified atom stereocenters. The van der Waals surface area contributed by atoms with Crippen LogP contribution in [0.15, 0.2) is 59.8 Å². The molecule has 0 radical (unpaired) electrons. The van der Waals surface area contributed by atoms with Crippen LogP contribution in [-0.4, -0.2) is 51.9 Å². The third-order valence-corrected chi connectivity index (χ3v) is 8.35. The lowest BCUT2D eigenvalue weighted by atomic mass is 10.0. The van der Waals surface area contributed by atoms with Gasteiger partial charge in [0, 0.05) is 17.1 Å². The maximum Gasteiger partial charge on any atom is 0.230 e. The fourth-order valence-corrected chi connectivity index (χ4v) is 6.74. The van der Waals surface area contributed by atoms with Gasteiger partial charge in [0.1, 0.15) is 5.82 Å². The third kappa shape index (κ3) is 5.51. The van der Waals surface area contributed by atoms with Crippen LogP contribution in [0, 0.1) is 0 Å². The number of carbonyl (C=O) groups excluding carboxylic acids is 1. The van der Waals surface area contributed by atoms with Crippen LogP contribution in [0.4, 0.5) is 0 Å². The fraction of sp³-hybridized carbons (Fsp3) is 0.318. The normalized spacial score (nSPS) is 19.7. The summed E-state index contributed by atoms with van der Waals surface area (Å²) in [6.07, 6.45) is 1.01. The second kappa shape index (κ2) is 9.25. The second-order valence-corrected chi connectivity index (χ2v) is 11.7. The van der Waals surface area contributed by atoms with E-state index in [2.05, 4.69) is 15.5 Å². The highest BCUT2D eigenvalue weighted by molar-refractivity contribution is 7.99. The summed E-state index contributed by atoms with van der Waals surface area (Å²) < 4.78 is 25.5. The van der Waals surface area contributed by atoms with Crippen molar-refractivity contribution < 1.29 is 13.2 Å². The number of benzene rings is 2. The summed E-state index contributed by atoms with van der Waals surface area (Å²) in [4.78, 5) is 12.6. The smallest absolute Gasteiger partial charge is 0.230 e. The highest BCUT2D eigenvalue weighted by atomic mass is 35.5. The molecule has 2 aromatic carbocycles. The summed E-state index contributed by atoms with van der Waals surface area (Å²) >= 11 is 7.32. The molecule has 0 bridgehead atoms. The van der Waals surface area contributed by atoms with E-state index in [-0.39, 0.29) is 23.2 Å². The Balaban J connectivity index is 1.53. The van der Waals surface area contributed by atoms with E-state index in [1.165, 1.54) is 11.8 Å². The standard InChI is InChI=1S/C22H23ClN4O3S2/c1-22(11-12-32(29,30)15-22)24-20(28)14-31-21-26-25-19(13-16-5-3-2-4-6-16)27(21)18-9-7-17(23)8-10-18/h2-10H,11-15H2,1H3,(H,24,28)/t22-/m1/s1. The van der Waals surface area contributed by atoms with Crippen molar-refractivity contribution >= 4 is 39.1 Å². The van der Waals surface area contributed by atoms with Gasteiger partial charge >= 0.3 is 0 Å². The van der Waals surface area contributed by atoms with Gasteiger partial charge in [-0.1, -0.05) is 53.7 Å². The molecule has 0 saturated carbocycles. The molecule has 1 aliphatic heterocycles. The molecule has 1 atom stereocenters. The number of nitrogens with zero attached hydrogens (tertiary/aromatic N) is 3. The molecule has 0 aliphatic carbocycles. The third-order valence-electron chi connectivity index (χ3n) is 5.27. The van der Waals surface area contributed by atoms with Gasteiger partial charge in [-0.05, 0) is 43.2 Å². The number of hydrogen-bond donors (Lipinski definition) is 1. The van der Waals surface area contributed by atoms with E-state index in [0.717, 1.165) is 17.1 Å². The first-order valence-corrected chi connectivity index (χ1v) is 13.3. The molecule has 3 aromatic rings. The van der Waals surface area contributed by atoms with Crippen LogP contribution >= 0.6 is 23.4 Å². The first-order valence-electron chi connectivity index (χ1n) is 10.1. The monoisotopic (exact) mass is 490 g/mol. The summed E-state index contributed by atoms with van der Waals surface area (Å²) in [5.74, 6) is 0.691. The SMILES string of the molecule is C[C@@]1(NC(=O)CSc2nnc(Cc3ccccc3)n2-c2ccc(Cl)cc2)CCS(=O)(=O)C1. The average Bonchev–Trinajstić information content (AvgIpc) is 3.27. The van der Waals surface area contributed by atoms with Crippen LogP contribution in [-0.2, 0) is 21.1 Å². The Morgan fingerprint density at radius 1 is 1.16 bits per heavy atom. The number of halogens is 1. The lowest BCUT2D eigenvalue weighted by molar-refractivity contribution is -0.120. The lowest BCUT2D eigenvalue weighted by Crippen LogP contribution is -2.47. The first kappa shape index (κ1) is 22.8. The maximum atomic E-state index is 12.6. The van der Waals surface area contributed by atoms with Crippen molar-refractivity contribution in [3.8, 4) is 5.69 Å². The minimum absolute atomic E-state index is 0.0292. The van der Waals surface area contributed by atoms with Gasteiger partial charge in [0.2, 0.25) is 5.91 Å². The molecule has 4 rings (SSSR count). The van der Waals surface area contributed by atoms with Crippen LogP contribution in [0.25, 0.3) is 5.69 Å². The molecule has 1 aliphatic rings. The van der Waals surface area contributed by atoms with Gasteiger partial charge in [0.25, 0.3) is 0 Å². The molecule has 2 heterocycles. The van der Waals surface area contributed by atoms with Crippen LogP contribution in [0.1, 0.15) is 24.7 Å². The zero-order valence-corrected chi connectivity index (χ0v) is 19.9. The highest BCUT2D eigenvalue weighted by Gasteiger charge is 2.39. The molecule has 7 nitrogen and oxygen atoms in total. The van der Waals surface area contributed by atoms with E-state index >= 15 is 0 Å². The van der Waals surface area contributed by atoms with Crippen LogP contribution in [0.3, 0.4) is 0 Å². The number of thioether (sulfide) groups is 1. The molecule has 1 aromatic heterocycles. The number of nitrogens with one attached hydrogen (secondary N) is 1. The molecule has 1 N–H and O–H groups in total. The van der Waals surface area contributed by atoms with Gasteiger partial charge in [-0.3, -0.25) is 9.36 Å². The lowest BCUT2D eigenvalue weighted by Gasteiger charge is -2.23. The number of hydrogen-bond acceptors (Lipinski definition) is 6. The van der Waals surface area contributed by atoms with E-state index in [1.807, 2.05) is 47.0 Å². The van der Waals surface area contributed by atoms with E-state index in [0.29, 0.717) is 23.0 Å². The minimum Gasteiger partial charge on any atom is -0.349 e. The largest absolute Gasteiger partial charge is 0.349 e. The van der Waals surface area contributed by atoms with Gasteiger partial charge in [-0.2, -0.15) is 0 Å². The zero-order valence-electron chi connectivity index (χ0n) is 17.5. The van der Waals surface area contributed by atoms with Crippen molar-refractivity contribution in [3.05, 3.63) is 71.0 Å². The predicted molar refractivity (Wildman–Crippen MR) is 126 cm³/mol. The Hall–Kier alpha value is -2.36. The molecule has 32 heavy (non-hydrogen) atoms. The van der Waals surface area contributed by atoms with Crippen molar-refractivity contribution in [1.82, 2.24) is 20.1 Å². The molecule has 168 valence electrons. The Labute approximate surface area is 196 Å². The molecule has 1 amide bonds. The van der Waals surface area contributed by atoms with Crippen molar-refractivity contribution in [1.29, 1.82) is 0 Å². The van der Waals surface area contributed by atoms with Gasteiger partial charge in [-0.25, -0.2) is 8.42 Å². The molecule has 0 spiro atoms. The molecule has 10 heteroatoms. The van der Waals surface area contributed by atoms with Crippen molar-refractivity contribution in [2.45, 2.75) is 30.5 Å². The number of carbonyl (C=O) groups is 1. The van der Waals surface area contributed by atoms with E-state index in [9.17, 15) is 13.2 Å². The number of aromatic nitrogens is 3. The first-order chi connectivity index (χ1) is 15.2. The van der Waals surface area contributed by atoms with Gasteiger partial charge in [-0.15, -0.1) is 10.2 Å². The van der Waals surface area contributed by atoms with Crippen LogP contribution in [0.2, 0.25) is 5.02 Å². The van der Waals surface area contributed by atoms with Crippen LogP contribution in [0.5, 0.6) is 0 Å². The van der Waals surface area contributed by atoms with Crippen molar-refractivity contribution in [3.63, 3.8) is 0 Å². The summed E-state index contributed by atoms with van der Waals surface area (Å²) in [6.45, 7) is 1.77. The van der Waals surface area contributed by atoms with E-state index in [1.54, 1.807) is 19.1 Å². The van der Waals surface area contributed by atoms with Crippen molar-refractivity contribution in [2.24, 2.45) is 0 Å². The quantitative estimate of drug-likeness (QED) is 0.511. The number of amides is 1. The fourth-order valence-electron chi connectivity index (χ4n) is 3.75. The van der Waals surface area contributed by atoms with E-state index in [4.69, 9.17) is 11.6 Å².